The molecule has 0 bridgehead atoms. The summed E-state index contributed by atoms with van der Waals surface area (Å²) >= 11 is 6.11. The summed E-state index contributed by atoms with van der Waals surface area (Å²) < 4.78 is 8.10. The van der Waals surface area contributed by atoms with Gasteiger partial charge in [0.25, 0.3) is 0 Å². The summed E-state index contributed by atoms with van der Waals surface area (Å²) in [5.41, 5.74) is 4.83. The smallest absolute Gasteiger partial charge is 0.138 e. The van der Waals surface area contributed by atoms with Gasteiger partial charge in [0.05, 0.1) is 6.61 Å². The van der Waals surface area contributed by atoms with Crippen LogP contribution in [0.4, 0.5) is 0 Å². The molecule has 0 aliphatic carbocycles. The van der Waals surface area contributed by atoms with Gasteiger partial charge < -0.3 is 9.30 Å². The largest absolute Gasteiger partial charge is 0.357 e. The summed E-state index contributed by atoms with van der Waals surface area (Å²) in [5.74, 6) is 0. The maximum atomic E-state index is 6.11. The fraction of sp³-hybridized carbons (Fsp3) is 0.238. The average molecular weight is 353 g/mol. The highest BCUT2D eigenvalue weighted by atomic mass is 35.5. The average Bonchev–Trinajstić information content (AvgIpc) is 3.26. The van der Waals surface area contributed by atoms with E-state index >= 15 is 0 Å². The predicted molar refractivity (Wildman–Crippen MR) is 101 cm³/mol. The number of rotatable bonds is 4. The first kappa shape index (κ1) is 16.4. The van der Waals surface area contributed by atoms with E-state index in [1.165, 1.54) is 16.7 Å². The first-order chi connectivity index (χ1) is 12.2. The first-order valence-electron chi connectivity index (χ1n) is 8.54. The normalized spacial score (nSPS) is 17.9. The van der Waals surface area contributed by atoms with Crippen molar-refractivity contribution in [3.63, 3.8) is 0 Å². The van der Waals surface area contributed by atoms with E-state index in [9.17, 15) is 0 Å². The van der Waals surface area contributed by atoms with Crippen LogP contribution in [0.5, 0.6) is 0 Å². The summed E-state index contributed by atoms with van der Waals surface area (Å²) in [5, 5.41) is 0.742. The highest BCUT2D eigenvalue weighted by Crippen LogP contribution is 2.29. The molecule has 0 saturated carbocycles. The van der Waals surface area contributed by atoms with E-state index in [-0.39, 0.29) is 6.23 Å². The Bertz CT molecular complexity index is 856. The van der Waals surface area contributed by atoms with Crippen molar-refractivity contribution in [2.45, 2.75) is 19.7 Å². The predicted octanol–water partition coefficient (Wildman–Crippen LogP) is 4.97. The summed E-state index contributed by atoms with van der Waals surface area (Å²) in [6, 6.07) is 18.7. The molecule has 1 aliphatic heterocycles. The van der Waals surface area contributed by atoms with Crippen molar-refractivity contribution in [3.8, 4) is 5.69 Å². The minimum Gasteiger partial charge on any atom is -0.357 e. The third kappa shape index (κ3) is 3.64. The Kier molecular flexibility index (Phi) is 4.62. The monoisotopic (exact) mass is 352 g/mol. The van der Waals surface area contributed by atoms with Gasteiger partial charge in [-0.25, -0.2) is 0 Å². The van der Waals surface area contributed by atoms with Gasteiger partial charge in [-0.2, -0.15) is 0 Å². The molecule has 2 aromatic carbocycles. The molecule has 1 saturated heterocycles. The quantitative estimate of drug-likeness (QED) is 0.659. The number of aryl methyl sites for hydroxylation is 1. The Morgan fingerprint density at radius 2 is 1.96 bits per heavy atom. The van der Waals surface area contributed by atoms with E-state index in [0.717, 1.165) is 30.4 Å². The van der Waals surface area contributed by atoms with Crippen LogP contribution in [0, 0.1) is 6.92 Å². The van der Waals surface area contributed by atoms with Gasteiger partial charge in [-0.05, 0) is 36.8 Å². The van der Waals surface area contributed by atoms with Crippen molar-refractivity contribution in [1.29, 1.82) is 0 Å². The van der Waals surface area contributed by atoms with Crippen molar-refractivity contribution in [3.05, 3.63) is 88.7 Å². The summed E-state index contributed by atoms with van der Waals surface area (Å²) in [7, 11) is 0. The molecule has 25 heavy (non-hydrogen) atoms. The molecule has 3 nitrogen and oxygen atoms in total. The van der Waals surface area contributed by atoms with Crippen LogP contribution in [-0.4, -0.2) is 22.6 Å². The minimum atomic E-state index is 0.00161. The Balaban J connectivity index is 1.53. The number of halogens is 1. The second kappa shape index (κ2) is 7.04. The van der Waals surface area contributed by atoms with Gasteiger partial charge in [-0.1, -0.05) is 47.5 Å². The van der Waals surface area contributed by atoms with E-state index in [0.29, 0.717) is 0 Å². The topological polar surface area (TPSA) is 17.4 Å². The van der Waals surface area contributed by atoms with E-state index in [1.807, 2.05) is 18.2 Å². The van der Waals surface area contributed by atoms with Crippen LogP contribution in [0.3, 0.4) is 0 Å². The lowest BCUT2D eigenvalue weighted by molar-refractivity contribution is 0.0288. The van der Waals surface area contributed by atoms with E-state index in [2.05, 4.69) is 65.2 Å². The molecular formula is C21H21ClN2O. The molecular weight excluding hydrogens is 332 g/mol. The fourth-order valence-electron chi connectivity index (χ4n) is 3.26. The van der Waals surface area contributed by atoms with Crippen LogP contribution in [0.2, 0.25) is 5.02 Å². The zero-order valence-corrected chi connectivity index (χ0v) is 15.0. The molecule has 1 atom stereocenters. The molecule has 0 radical (unpaired) electrons. The van der Waals surface area contributed by atoms with Gasteiger partial charge in [0, 0.05) is 41.8 Å². The van der Waals surface area contributed by atoms with Crippen LogP contribution in [0.25, 0.3) is 5.69 Å². The van der Waals surface area contributed by atoms with Gasteiger partial charge >= 0.3 is 0 Å². The molecule has 4 heteroatoms. The molecule has 128 valence electrons. The summed E-state index contributed by atoms with van der Waals surface area (Å²) in [4.78, 5) is 2.38. The maximum Gasteiger partial charge on any atom is 0.138 e. The van der Waals surface area contributed by atoms with Gasteiger partial charge in [-0.15, -0.1) is 0 Å². The molecule has 4 rings (SSSR count). The second-order valence-corrected chi connectivity index (χ2v) is 6.95. The number of ether oxygens (including phenoxy) is 1. The van der Waals surface area contributed by atoms with Crippen LogP contribution in [-0.2, 0) is 11.3 Å². The third-order valence-electron chi connectivity index (χ3n) is 4.60. The van der Waals surface area contributed by atoms with Crippen LogP contribution in [0.15, 0.2) is 67.0 Å². The number of aromatic nitrogens is 1. The van der Waals surface area contributed by atoms with E-state index in [4.69, 9.17) is 16.3 Å². The van der Waals surface area contributed by atoms with Crippen LogP contribution < -0.4 is 0 Å². The van der Waals surface area contributed by atoms with Gasteiger partial charge in [-0.3, -0.25) is 4.90 Å². The first-order valence-corrected chi connectivity index (χ1v) is 8.92. The molecule has 0 spiro atoms. The minimum absolute atomic E-state index is 0.00161. The number of benzene rings is 2. The Morgan fingerprint density at radius 3 is 2.76 bits per heavy atom. The lowest BCUT2D eigenvalue weighted by Crippen LogP contribution is -2.23. The Labute approximate surface area is 153 Å². The van der Waals surface area contributed by atoms with E-state index in [1.54, 1.807) is 0 Å². The number of hydrogen-bond donors (Lipinski definition) is 0. The SMILES string of the molecule is Cc1ccc(CN2CCOC2c2ccn(-c3cccc(Cl)c3)c2)cc1. The van der Waals surface area contributed by atoms with Gasteiger partial charge in [0.15, 0.2) is 0 Å². The molecule has 1 unspecified atom stereocenters. The Morgan fingerprint density at radius 1 is 1.12 bits per heavy atom. The van der Waals surface area contributed by atoms with Gasteiger partial charge in [0.2, 0.25) is 0 Å². The zero-order chi connectivity index (χ0) is 17.2. The van der Waals surface area contributed by atoms with Crippen molar-refractivity contribution in [1.82, 2.24) is 9.47 Å². The van der Waals surface area contributed by atoms with Crippen LogP contribution in [0.1, 0.15) is 22.9 Å². The molecule has 1 fully saturated rings. The fourth-order valence-corrected chi connectivity index (χ4v) is 3.44. The summed E-state index contributed by atoms with van der Waals surface area (Å²) in [6.45, 7) is 4.72. The molecule has 1 aromatic heterocycles. The Hall–Kier alpha value is -2.07. The van der Waals surface area contributed by atoms with Crippen molar-refractivity contribution in [2.75, 3.05) is 13.2 Å². The number of nitrogens with zero attached hydrogens (tertiary/aromatic N) is 2. The highest BCUT2D eigenvalue weighted by Gasteiger charge is 2.27. The highest BCUT2D eigenvalue weighted by molar-refractivity contribution is 6.30. The lowest BCUT2D eigenvalue weighted by Gasteiger charge is -2.22. The van der Waals surface area contributed by atoms with Crippen molar-refractivity contribution >= 4 is 11.6 Å². The molecule has 1 aliphatic rings. The van der Waals surface area contributed by atoms with Crippen LogP contribution >= 0.6 is 11.6 Å². The zero-order valence-electron chi connectivity index (χ0n) is 14.2. The molecule has 2 heterocycles. The third-order valence-corrected chi connectivity index (χ3v) is 4.83. The molecule has 0 N–H and O–H groups in total. The number of hydrogen-bond acceptors (Lipinski definition) is 2. The van der Waals surface area contributed by atoms with Gasteiger partial charge in [0.1, 0.15) is 6.23 Å². The van der Waals surface area contributed by atoms with Crippen molar-refractivity contribution in [2.24, 2.45) is 0 Å². The van der Waals surface area contributed by atoms with E-state index < -0.39 is 0 Å². The second-order valence-electron chi connectivity index (χ2n) is 6.51. The molecule has 0 amide bonds. The summed E-state index contributed by atoms with van der Waals surface area (Å²) in [6.07, 6.45) is 4.19. The van der Waals surface area contributed by atoms with Crippen molar-refractivity contribution < 1.29 is 4.74 Å². The molecule has 3 aromatic rings. The lowest BCUT2D eigenvalue weighted by atomic mass is 10.1. The standard InChI is InChI=1S/C21H21ClN2O/c1-16-5-7-17(8-6-16)14-24-11-12-25-21(24)18-9-10-23(15-18)20-4-2-3-19(22)13-20/h2-10,13,15,21H,11-12,14H2,1H3. The maximum absolute atomic E-state index is 6.11.